The van der Waals surface area contributed by atoms with Crippen LogP contribution in [-0.4, -0.2) is 39.3 Å². The molecule has 1 amide bonds. The highest BCUT2D eigenvalue weighted by Crippen LogP contribution is 2.27. The second-order valence-electron chi connectivity index (χ2n) is 6.59. The van der Waals surface area contributed by atoms with Gasteiger partial charge in [-0.2, -0.15) is 0 Å². The van der Waals surface area contributed by atoms with Gasteiger partial charge in [0.05, 0.1) is 22.7 Å². The lowest BCUT2D eigenvalue weighted by atomic mass is 10.1. The molecule has 0 atom stereocenters. The van der Waals surface area contributed by atoms with Crippen LogP contribution in [0.2, 0.25) is 5.02 Å². The van der Waals surface area contributed by atoms with Gasteiger partial charge in [0.2, 0.25) is 15.9 Å². The molecular weight excluding hydrogens is 400 g/mol. The number of hydrogen-bond donors (Lipinski definition) is 1. The molecule has 152 valence electrons. The Balaban J connectivity index is 1.92. The van der Waals surface area contributed by atoms with Gasteiger partial charge in [-0.3, -0.25) is 4.79 Å². The number of nitrogens with one attached hydrogen (secondary N) is 1. The Kier molecular flexibility index (Phi) is 7.46. The summed E-state index contributed by atoms with van der Waals surface area (Å²) in [5.41, 5.74) is 2.50. The Hall–Kier alpha value is -2.09. The van der Waals surface area contributed by atoms with Crippen molar-refractivity contribution in [3.8, 4) is 5.75 Å². The maximum Gasteiger partial charge on any atom is 0.242 e. The molecule has 0 aliphatic rings. The average Bonchev–Trinajstić information content (AvgIpc) is 2.64. The molecule has 0 saturated carbocycles. The first-order valence-electron chi connectivity index (χ1n) is 8.82. The van der Waals surface area contributed by atoms with Gasteiger partial charge >= 0.3 is 0 Å². The Morgan fingerprint density at radius 3 is 2.39 bits per heavy atom. The number of rotatable bonds is 8. The third kappa shape index (κ3) is 5.47. The number of halogens is 1. The monoisotopic (exact) mass is 424 g/mol. The normalized spacial score (nSPS) is 11.5. The summed E-state index contributed by atoms with van der Waals surface area (Å²) in [5.74, 6) is 0.382. The number of methoxy groups -OCH3 is 1. The Labute approximate surface area is 171 Å². The van der Waals surface area contributed by atoms with E-state index in [1.807, 2.05) is 19.9 Å². The van der Waals surface area contributed by atoms with Crippen molar-refractivity contribution >= 4 is 33.2 Å². The van der Waals surface area contributed by atoms with Crippen LogP contribution in [0.4, 0.5) is 5.69 Å². The minimum absolute atomic E-state index is 0.183. The number of sulfonamides is 1. The summed E-state index contributed by atoms with van der Waals surface area (Å²) in [6.07, 6.45) is 0.576. The third-order valence-corrected chi connectivity index (χ3v) is 6.51. The van der Waals surface area contributed by atoms with Crippen molar-refractivity contribution in [2.45, 2.75) is 31.6 Å². The molecular formula is C20H25ClN2O4S. The van der Waals surface area contributed by atoms with Crippen LogP contribution < -0.4 is 10.1 Å². The van der Waals surface area contributed by atoms with Gasteiger partial charge in [-0.15, -0.1) is 0 Å². The molecule has 2 rings (SSSR count). The van der Waals surface area contributed by atoms with Crippen LogP contribution in [0.5, 0.6) is 5.75 Å². The van der Waals surface area contributed by atoms with Crippen molar-refractivity contribution in [2.24, 2.45) is 0 Å². The molecule has 0 aliphatic heterocycles. The molecule has 0 spiro atoms. The molecule has 8 heteroatoms. The first-order valence-corrected chi connectivity index (χ1v) is 10.6. The van der Waals surface area contributed by atoms with E-state index >= 15 is 0 Å². The van der Waals surface area contributed by atoms with Crippen molar-refractivity contribution < 1.29 is 17.9 Å². The van der Waals surface area contributed by atoms with Gasteiger partial charge in [0.15, 0.2) is 0 Å². The third-order valence-electron chi connectivity index (χ3n) is 4.34. The van der Waals surface area contributed by atoms with Crippen molar-refractivity contribution in [1.82, 2.24) is 4.31 Å². The van der Waals surface area contributed by atoms with Crippen molar-refractivity contribution in [3.63, 3.8) is 0 Å². The molecule has 28 heavy (non-hydrogen) atoms. The molecule has 0 fully saturated rings. The van der Waals surface area contributed by atoms with E-state index in [0.717, 1.165) is 11.1 Å². The second kappa shape index (κ2) is 9.41. The summed E-state index contributed by atoms with van der Waals surface area (Å²) in [6.45, 7) is 4.04. The zero-order chi connectivity index (χ0) is 20.9. The Morgan fingerprint density at radius 1 is 1.18 bits per heavy atom. The van der Waals surface area contributed by atoms with E-state index in [1.165, 1.54) is 30.6 Å². The topological polar surface area (TPSA) is 75.7 Å². The fourth-order valence-electron chi connectivity index (χ4n) is 2.79. The smallest absolute Gasteiger partial charge is 0.242 e. The molecule has 0 unspecified atom stereocenters. The summed E-state index contributed by atoms with van der Waals surface area (Å²) in [7, 11) is -0.596. The predicted octanol–water partition coefficient (Wildman–Crippen LogP) is 4.00. The van der Waals surface area contributed by atoms with Gasteiger partial charge < -0.3 is 10.1 Å². The molecule has 2 aromatic rings. The zero-order valence-electron chi connectivity index (χ0n) is 16.5. The first kappa shape index (κ1) is 22.2. The largest absolute Gasteiger partial charge is 0.497 e. The number of anilines is 1. The predicted molar refractivity (Wildman–Crippen MR) is 112 cm³/mol. The maximum atomic E-state index is 12.6. The fourth-order valence-corrected chi connectivity index (χ4v) is 4.36. The molecule has 2 aromatic carbocycles. The van der Waals surface area contributed by atoms with Crippen LogP contribution >= 0.6 is 11.6 Å². The molecule has 0 bridgehead atoms. The lowest BCUT2D eigenvalue weighted by Gasteiger charge is -2.17. The molecule has 1 N–H and O–H groups in total. The van der Waals surface area contributed by atoms with E-state index in [1.54, 1.807) is 18.2 Å². The van der Waals surface area contributed by atoms with Crippen molar-refractivity contribution in [2.75, 3.05) is 26.0 Å². The first-order chi connectivity index (χ1) is 13.1. The Bertz CT molecular complexity index is 920. The van der Waals surface area contributed by atoms with Gasteiger partial charge in [0, 0.05) is 20.0 Å². The van der Waals surface area contributed by atoms with Crippen molar-refractivity contribution in [3.05, 3.63) is 52.5 Å². The number of nitrogens with zero attached hydrogens (tertiary/aromatic N) is 1. The standard InChI is InChI=1S/C20H25ClN2O4S/c1-14-12-15(2)20(18(21)13-14)22-19(24)6-5-11-23(3)28(25,26)17-9-7-16(27-4)8-10-17/h7-10,12-13H,5-6,11H2,1-4H3,(H,22,24). The van der Waals surface area contributed by atoms with Crippen LogP contribution in [0.15, 0.2) is 41.3 Å². The lowest BCUT2D eigenvalue weighted by Crippen LogP contribution is -2.28. The fraction of sp³-hybridized carbons (Fsp3) is 0.350. The summed E-state index contributed by atoms with van der Waals surface area (Å²) in [6, 6.07) is 9.93. The average molecular weight is 425 g/mol. The van der Waals surface area contributed by atoms with Crippen LogP contribution in [-0.2, 0) is 14.8 Å². The van der Waals surface area contributed by atoms with Crippen LogP contribution in [0.3, 0.4) is 0 Å². The van der Waals surface area contributed by atoms with E-state index in [4.69, 9.17) is 16.3 Å². The number of aryl methyl sites for hydroxylation is 2. The van der Waals surface area contributed by atoms with E-state index in [9.17, 15) is 13.2 Å². The van der Waals surface area contributed by atoms with Crippen molar-refractivity contribution in [1.29, 1.82) is 0 Å². The molecule has 0 heterocycles. The number of carbonyl (C=O) groups is 1. The highest BCUT2D eigenvalue weighted by molar-refractivity contribution is 7.89. The number of hydrogen-bond acceptors (Lipinski definition) is 4. The van der Waals surface area contributed by atoms with Gasteiger partial charge in [0.1, 0.15) is 5.75 Å². The van der Waals surface area contributed by atoms with Gasteiger partial charge in [-0.25, -0.2) is 12.7 Å². The minimum Gasteiger partial charge on any atom is -0.497 e. The van der Waals surface area contributed by atoms with E-state index in [-0.39, 0.29) is 23.8 Å². The van der Waals surface area contributed by atoms with E-state index < -0.39 is 10.0 Å². The van der Waals surface area contributed by atoms with Gasteiger partial charge in [0.25, 0.3) is 0 Å². The molecule has 6 nitrogen and oxygen atoms in total. The van der Waals surface area contributed by atoms with Gasteiger partial charge in [-0.05, 0) is 61.7 Å². The van der Waals surface area contributed by atoms with E-state index in [2.05, 4.69) is 5.32 Å². The van der Waals surface area contributed by atoms with Gasteiger partial charge in [-0.1, -0.05) is 17.7 Å². The number of benzene rings is 2. The molecule has 0 aromatic heterocycles. The summed E-state index contributed by atoms with van der Waals surface area (Å²) in [4.78, 5) is 12.4. The maximum absolute atomic E-state index is 12.6. The van der Waals surface area contributed by atoms with E-state index in [0.29, 0.717) is 22.9 Å². The quantitative estimate of drug-likeness (QED) is 0.694. The molecule has 0 saturated heterocycles. The van der Waals surface area contributed by atoms with Crippen LogP contribution in [0.1, 0.15) is 24.0 Å². The summed E-state index contributed by atoms with van der Waals surface area (Å²) < 4.78 is 31.5. The Morgan fingerprint density at radius 2 is 1.82 bits per heavy atom. The zero-order valence-corrected chi connectivity index (χ0v) is 18.0. The number of carbonyl (C=O) groups excluding carboxylic acids is 1. The van der Waals surface area contributed by atoms with Crippen LogP contribution in [0.25, 0.3) is 0 Å². The molecule has 0 aliphatic carbocycles. The summed E-state index contributed by atoms with van der Waals surface area (Å²) in [5, 5.41) is 3.30. The minimum atomic E-state index is -3.61. The molecule has 0 radical (unpaired) electrons. The SMILES string of the molecule is COc1ccc(S(=O)(=O)N(C)CCCC(=O)Nc2c(C)cc(C)cc2Cl)cc1. The summed E-state index contributed by atoms with van der Waals surface area (Å²) >= 11 is 6.20. The highest BCUT2D eigenvalue weighted by atomic mass is 35.5. The lowest BCUT2D eigenvalue weighted by molar-refractivity contribution is -0.116. The number of amides is 1. The second-order valence-corrected chi connectivity index (χ2v) is 9.04. The van der Waals surface area contributed by atoms with Crippen LogP contribution in [0, 0.1) is 13.8 Å². The number of ether oxygens (including phenoxy) is 1. The highest BCUT2D eigenvalue weighted by Gasteiger charge is 2.20.